The quantitative estimate of drug-likeness (QED) is 0.568. The Hall–Kier alpha value is -3.68. The number of anilines is 2. The Bertz CT molecular complexity index is 1210. The largest absolute Gasteiger partial charge is 0.369 e. The van der Waals surface area contributed by atoms with Crippen molar-refractivity contribution in [2.45, 2.75) is 19.4 Å². The Morgan fingerprint density at radius 1 is 0.914 bits per heavy atom. The third-order valence-corrected chi connectivity index (χ3v) is 6.95. The monoisotopic (exact) mass is 475 g/mol. The van der Waals surface area contributed by atoms with Gasteiger partial charge >= 0.3 is 0 Å². The van der Waals surface area contributed by atoms with Gasteiger partial charge < -0.3 is 14.7 Å². The molecule has 2 aromatic carbocycles. The second-order valence-corrected chi connectivity index (χ2v) is 9.27. The zero-order valence-electron chi connectivity index (χ0n) is 19.7. The van der Waals surface area contributed by atoms with E-state index in [1.807, 2.05) is 35.2 Å². The lowest BCUT2D eigenvalue weighted by Crippen LogP contribution is -2.52. The summed E-state index contributed by atoms with van der Waals surface area (Å²) in [4.78, 5) is 32.2. The maximum Gasteiger partial charge on any atom is 0.269 e. The second-order valence-electron chi connectivity index (χ2n) is 9.27. The van der Waals surface area contributed by atoms with Crippen molar-refractivity contribution < 1.29 is 9.18 Å². The average molecular weight is 476 g/mol. The van der Waals surface area contributed by atoms with Crippen LogP contribution in [0.1, 0.15) is 18.4 Å². The maximum absolute atomic E-state index is 13.3. The fourth-order valence-electron chi connectivity index (χ4n) is 4.98. The molecule has 2 aliphatic heterocycles. The van der Waals surface area contributed by atoms with E-state index in [2.05, 4.69) is 14.9 Å². The van der Waals surface area contributed by atoms with Crippen LogP contribution >= 0.6 is 0 Å². The van der Waals surface area contributed by atoms with Gasteiger partial charge in [0.1, 0.15) is 5.82 Å². The van der Waals surface area contributed by atoms with Gasteiger partial charge in [-0.15, -0.1) is 0 Å². The number of hydrogen-bond acceptors (Lipinski definition) is 5. The normalized spacial score (nSPS) is 18.5. The zero-order valence-corrected chi connectivity index (χ0v) is 19.7. The number of carbonyl (C=O) groups excluding carboxylic acids is 1. The number of piperazine rings is 1. The van der Waals surface area contributed by atoms with E-state index in [0.29, 0.717) is 26.2 Å². The lowest BCUT2D eigenvalue weighted by molar-refractivity contribution is -0.136. The number of halogens is 1. The summed E-state index contributed by atoms with van der Waals surface area (Å²) in [5.41, 5.74) is 2.64. The number of benzene rings is 2. The van der Waals surface area contributed by atoms with E-state index >= 15 is 0 Å². The van der Waals surface area contributed by atoms with Gasteiger partial charge in [-0.25, -0.2) is 9.07 Å². The summed E-state index contributed by atoms with van der Waals surface area (Å²) < 4.78 is 14.7. The molecule has 0 spiro atoms. The topological polar surface area (TPSA) is 61.7 Å². The Morgan fingerprint density at radius 2 is 1.66 bits per heavy atom. The molecule has 0 aliphatic carbocycles. The van der Waals surface area contributed by atoms with E-state index in [1.54, 1.807) is 24.4 Å². The van der Waals surface area contributed by atoms with Crippen LogP contribution in [0.15, 0.2) is 71.7 Å². The average Bonchev–Trinajstić information content (AvgIpc) is 2.91. The van der Waals surface area contributed by atoms with Crippen molar-refractivity contribution in [3.63, 3.8) is 0 Å². The molecule has 0 unspecified atom stereocenters. The smallest absolute Gasteiger partial charge is 0.269 e. The van der Waals surface area contributed by atoms with Crippen molar-refractivity contribution in [2.24, 2.45) is 5.92 Å². The fourth-order valence-corrected chi connectivity index (χ4v) is 4.98. The third kappa shape index (κ3) is 5.37. The van der Waals surface area contributed by atoms with E-state index in [9.17, 15) is 14.0 Å². The predicted octanol–water partition coefficient (Wildman–Crippen LogP) is 3.00. The molecule has 8 heteroatoms. The minimum atomic E-state index is -0.242. The maximum atomic E-state index is 13.3. The molecule has 2 saturated heterocycles. The van der Waals surface area contributed by atoms with E-state index in [-0.39, 0.29) is 23.2 Å². The lowest BCUT2D eigenvalue weighted by Gasteiger charge is -2.40. The summed E-state index contributed by atoms with van der Waals surface area (Å²) in [6.07, 6.45) is 3.49. The first-order valence-electron chi connectivity index (χ1n) is 12.2. The number of amides is 1. The highest BCUT2D eigenvalue weighted by atomic mass is 19.1. The van der Waals surface area contributed by atoms with Gasteiger partial charge in [0, 0.05) is 51.0 Å². The van der Waals surface area contributed by atoms with Crippen LogP contribution in [0, 0.1) is 11.7 Å². The molecular formula is C27H30FN5O2. The van der Waals surface area contributed by atoms with Crippen molar-refractivity contribution in [3.8, 4) is 0 Å². The van der Waals surface area contributed by atoms with Gasteiger partial charge in [-0.1, -0.05) is 30.3 Å². The minimum absolute atomic E-state index is 0.0899. The van der Waals surface area contributed by atoms with Gasteiger partial charge in [0.05, 0.1) is 24.3 Å². The molecule has 5 rings (SSSR count). The molecule has 182 valence electrons. The molecule has 35 heavy (non-hydrogen) atoms. The van der Waals surface area contributed by atoms with Gasteiger partial charge in [0.15, 0.2) is 0 Å². The molecule has 2 fully saturated rings. The van der Waals surface area contributed by atoms with Gasteiger partial charge in [0.25, 0.3) is 5.56 Å². The van der Waals surface area contributed by atoms with Crippen LogP contribution in [-0.2, 0) is 11.3 Å². The van der Waals surface area contributed by atoms with E-state index < -0.39 is 0 Å². The van der Waals surface area contributed by atoms with Crippen molar-refractivity contribution in [3.05, 3.63) is 88.6 Å². The first-order valence-corrected chi connectivity index (χ1v) is 12.2. The van der Waals surface area contributed by atoms with Crippen LogP contribution in [-0.4, -0.2) is 59.9 Å². The standard InChI is InChI=1S/C27H30FN5O2/c28-23-8-10-24(11-9-23)30-13-15-31(16-14-30)27(35)22-7-4-12-32(20-22)25-17-26(34)33(29-18-25)19-21-5-2-1-3-6-21/h1-3,5-6,8-11,17-18,22H,4,7,12-16,19-20H2/t22-/m0/s1. The summed E-state index contributed by atoms with van der Waals surface area (Å²) >= 11 is 0. The summed E-state index contributed by atoms with van der Waals surface area (Å²) in [6, 6.07) is 17.9. The lowest BCUT2D eigenvalue weighted by atomic mass is 9.96. The van der Waals surface area contributed by atoms with Crippen molar-refractivity contribution in [2.75, 3.05) is 49.1 Å². The van der Waals surface area contributed by atoms with E-state index in [1.165, 1.54) is 16.8 Å². The highest BCUT2D eigenvalue weighted by Crippen LogP contribution is 2.24. The van der Waals surface area contributed by atoms with Gasteiger partial charge in [-0.2, -0.15) is 5.10 Å². The molecule has 0 radical (unpaired) electrons. The Kier molecular flexibility index (Phi) is 6.79. The Balaban J connectivity index is 1.19. The minimum Gasteiger partial charge on any atom is -0.369 e. The molecule has 7 nitrogen and oxygen atoms in total. The summed E-state index contributed by atoms with van der Waals surface area (Å²) in [7, 11) is 0. The zero-order chi connectivity index (χ0) is 24.2. The van der Waals surface area contributed by atoms with Crippen LogP contribution in [0.2, 0.25) is 0 Å². The molecule has 3 heterocycles. The summed E-state index contributed by atoms with van der Waals surface area (Å²) in [6.45, 7) is 4.63. The van der Waals surface area contributed by atoms with Crippen LogP contribution in [0.25, 0.3) is 0 Å². The van der Waals surface area contributed by atoms with Crippen molar-refractivity contribution in [1.29, 1.82) is 0 Å². The first kappa shape index (κ1) is 23.1. The highest BCUT2D eigenvalue weighted by Gasteiger charge is 2.31. The van der Waals surface area contributed by atoms with E-state index in [4.69, 9.17) is 0 Å². The highest BCUT2D eigenvalue weighted by molar-refractivity contribution is 5.80. The van der Waals surface area contributed by atoms with Crippen LogP contribution < -0.4 is 15.4 Å². The van der Waals surface area contributed by atoms with Gasteiger partial charge in [-0.05, 0) is 42.7 Å². The number of aromatic nitrogens is 2. The molecule has 1 atom stereocenters. The molecule has 0 saturated carbocycles. The van der Waals surface area contributed by atoms with Crippen LogP contribution in [0.4, 0.5) is 15.8 Å². The first-order chi connectivity index (χ1) is 17.1. The Labute approximate surface area is 204 Å². The van der Waals surface area contributed by atoms with Crippen molar-refractivity contribution in [1.82, 2.24) is 14.7 Å². The molecule has 3 aromatic rings. The molecule has 1 amide bonds. The molecule has 2 aliphatic rings. The fraction of sp³-hybridized carbons (Fsp3) is 0.370. The molecular weight excluding hydrogens is 445 g/mol. The van der Waals surface area contributed by atoms with Crippen molar-refractivity contribution >= 4 is 17.3 Å². The Morgan fingerprint density at radius 3 is 2.37 bits per heavy atom. The van der Waals surface area contributed by atoms with Crippen LogP contribution in [0.3, 0.4) is 0 Å². The third-order valence-electron chi connectivity index (χ3n) is 6.95. The molecule has 1 aromatic heterocycles. The number of piperidine rings is 1. The number of carbonyl (C=O) groups is 1. The van der Waals surface area contributed by atoms with Gasteiger partial charge in [0.2, 0.25) is 5.91 Å². The van der Waals surface area contributed by atoms with Crippen LogP contribution in [0.5, 0.6) is 0 Å². The molecule has 0 N–H and O–H groups in total. The summed E-state index contributed by atoms with van der Waals surface area (Å²) in [5.74, 6) is -0.153. The SMILES string of the molecule is O=C([C@H]1CCCN(c2cnn(Cc3ccccc3)c(=O)c2)C1)N1CCN(c2ccc(F)cc2)CC1. The number of nitrogens with zero attached hydrogens (tertiary/aromatic N) is 5. The predicted molar refractivity (Wildman–Crippen MR) is 134 cm³/mol. The van der Waals surface area contributed by atoms with E-state index in [0.717, 1.165) is 49.4 Å². The number of hydrogen-bond donors (Lipinski definition) is 0. The molecule has 0 bridgehead atoms. The second kappa shape index (κ2) is 10.3. The number of rotatable bonds is 5. The summed E-state index contributed by atoms with van der Waals surface area (Å²) in [5, 5.41) is 4.39. The van der Waals surface area contributed by atoms with Gasteiger partial charge in [-0.3, -0.25) is 9.59 Å².